The summed E-state index contributed by atoms with van der Waals surface area (Å²) in [6, 6.07) is 9.80. The number of rotatable bonds is 2. The van der Waals surface area contributed by atoms with E-state index in [0.717, 1.165) is 5.56 Å². The number of nitrogens with one attached hydrogen (secondary N) is 1. The second kappa shape index (κ2) is 5.66. The van der Waals surface area contributed by atoms with Crippen LogP contribution in [-0.4, -0.2) is 12.5 Å². The monoisotopic (exact) mass is 369 g/mol. The minimum Gasteiger partial charge on any atom is -0.482 e. The Morgan fingerprint density at radius 3 is 2.81 bits per heavy atom. The van der Waals surface area contributed by atoms with E-state index in [1.807, 2.05) is 0 Å². The number of hydrogen-bond acceptors (Lipinski definition) is 2. The van der Waals surface area contributed by atoms with Crippen LogP contribution in [0.3, 0.4) is 0 Å². The molecule has 1 atom stereocenters. The minimum absolute atomic E-state index is 0.00743. The van der Waals surface area contributed by atoms with E-state index in [-0.39, 0.29) is 18.3 Å². The van der Waals surface area contributed by atoms with Crippen molar-refractivity contribution in [2.75, 3.05) is 11.9 Å². The van der Waals surface area contributed by atoms with Gasteiger partial charge in [0, 0.05) is 4.47 Å². The quantitative estimate of drug-likeness (QED) is 0.803. The Kier molecular flexibility index (Phi) is 3.87. The van der Waals surface area contributed by atoms with Crippen molar-refractivity contribution in [1.29, 1.82) is 0 Å². The predicted octanol–water partition coefficient (Wildman–Crippen LogP) is 4.25. The second-order valence-corrected chi connectivity index (χ2v) is 6.01. The van der Waals surface area contributed by atoms with Crippen molar-refractivity contribution < 1.29 is 13.9 Å². The number of carbonyl (C=O) groups is 1. The van der Waals surface area contributed by atoms with Crippen molar-refractivity contribution >= 4 is 39.1 Å². The first-order valence-electron chi connectivity index (χ1n) is 6.19. The van der Waals surface area contributed by atoms with Crippen molar-refractivity contribution in [3.8, 4) is 5.75 Å². The van der Waals surface area contributed by atoms with Gasteiger partial charge < -0.3 is 10.1 Å². The molecule has 0 fully saturated rings. The molecule has 0 aliphatic carbocycles. The zero-order valence-electron chi connectivity index (χ0n) is 10.7. The molecule has 0 radical (unpaired) electrons. The standard InChI is InChI=1S/C15H10BrClFNO2/c16-10-3-9(4-11(18)6-10)15(17)8-1-2-13-12(5-8)19-14(20)7-21-13/h1-6,15H,7H2,(H,19,20). The van der Waals surface area contributed by atoms with Gasteiger partial charge in [0.05, 0.1) is 11.1 Å². The lowest BCUT2D eigenvalue weighted by molar-refractivity contribution is -0.118. The highest BCUT2D eigenvalue weighted by Crippen LogP contribution is 2.36. The van der Waals surface area contributed by atoms with Gasteiger partial charge in [0.25, 0.3) is 5.91 Å². The first kappa shape index (κ1) is 14.4. The molecule has 0 aromatic heterocycles. The molecule has 6 heteroatoms. The largest absolute Gasteiger partial charge is 0.482 e. The number of halogens is 3. The van der Waals surface area contributed by atoms with E-state index in [0.29, 0.717) is 21.5 Å². The third-order valence-corrected chi connectivity index (χ3v) is 4.07. The van der Waals surface area contributed by atoms with Gasteiger partial charge in [0.2, 0.25) is 0 Å². The van der Waals surface area contributed by atoms with Crippen molar-refractivity contribution in [2.45, 2.75) is 5.38 Å². The van der Waals surface area contributed by atoms with Crippen LogP contribution in [0.5, 0.6) is 5.75 Å². The number of fused-ring (bicyclic) bond motifs is 1. The van der Waals surface area contributed by atoms with E-state index in [9.17, 15) is 9.18 Å². The average Bonchev–Trinajstić information content (AvgIpc) is 2.44. The molecule has 1 unspecified atom stereocenters. The summed E-state index contributed by atoms with van der Waals surface area (Å²) in [5, 5.41) is 2.20. The molecule has 2 aromatic rings. The summed E-state index contributed by atoms with van der Waals surface area (Å²) in [5.41, 5.74) is 1.95. The highest BCUT2D eigenvalue weighted by Gasteiger charge is 2.19. The van der Waals surface area contributed by atoms with Gasteiger partial charge in [-0.3, -0.25) is 4.79 Å². The van der Waals surface area contributed by atoms with Gasteiger partial charge in [0.1, 0.15) is 11.6 Å². The van der Waals surface area contributed by atoms with Crippen LogP contribution in [0.15, 0.2) is 40.9 Å². The number of ether oxygens (including phenoxy) is 1. The molecule has 0 bridgehead atoms. The molecule has 1 amide bonds. The Balaban J connectivity index is 1.96. The molecule has 3 nitrogen and oxygen atoms in total. The zero-order chi connectivity index (χ0) is 15.0. The number of benzene rings is 2. The summed E-state index contributed by atoms with van der Waals surface area (Å²) in [5.74, 6) is 0.0292. The Morgan fingerprint density at radius 2 is 2.05 bits per heavy atom. The van der Waals surface area contributed by atoms with Crippen molar-refractivity contribution in [2.24, 2.45) is 0 Å². The first-order chi connectivity index (χ1) is 10.0. The van der Waals surface area contributed by atoms with Gasteiger partial charge in [-0.1, -0.05) is 22.0 Å². The number of hydrogen-bond donors (Lipinski definition) is 1. The highest BCUT2D eigenvalue weighted by atomic mass is 79.9. The van der Waals surface area contributed by atoms with Crippen molar-refractivity contribution in [3.63, 3.8) is 0 Å². The lowest BCUT2D eigenvalue weighted by Crippen LogP contribution is -2.25. The van der Waals surface area contributed by atoms with Crippen molar-refractivity contribution in [1.82, 2.24) is 0 Å². The van der Waals surface area contributed by atoms with Gasteiger partial charge in [-0.25, -0.2) is 4.39 Å². The van der Waals surface area contributed by atoms with Crippen LogP contribution >= 0.6 is 27.5 Å². The Hall–Kier alpha value is -1.59. The molecule has 1 heterocycles. The fraction of sp³-hybridized carbons (Fsp3) is 0.133. The molecule has 3 rings (SSSR count). The van der Waals surface area contributed by atoms with Crippen LogP contribution in [-0.2, 0) is 4.79 Å². The molecular weight excluding hydrogens is 361 g/mol. The average molecular weight is 371 g/mol. The lowest BCUT2D eigenvalue weighted by Gasteiger charge is -2.20. The maximum Gasteiger partial charge on any atom is 0.262 e. The maximum atomic E-state index is 13.5. The van der Waals surface area contributed by atoms with Gasteiger partial charge in [-0.05, 0) is 41.5 Å². The van der Waals surface area contributed by atoms with Crippen LogP contribution in [0, 0.1) is 5.82 Å². The molecule has 1 N–H and O–H groups in total. The fourth-order valence-corrected chi connectivity index (χ4v) is 2.92. The molecule has 0 spiro atoms. The SMILES string of the molecule is O=C1COc2ccc(C(Cl)c3cc(F)cc(Br)c3)cc2N1. The second-order valence-electron chi connectivity index (χ2n) is 4.66. The molecule has 1 aliphatic rings. The number of carbonyl (C=O) groups excluding carboxylic acids is 1. The number of alkyl halides is 1. The van der Waals surface area contributed by atoms with E-state index in [2.05, 4.69) is 21.2 Å². The molecule has 0 saturated heterocycles. The smallest absolute Gasteiger partial charge is 0.262 e. The molecular formula is C15H10BrClFNO2. The van der Waals surface area contributed by atoms with Crippen LogP contribution in [0.4, 0.5) is 10.1 Å². The number of amides is 1. The first-order valence-corrected chi connectivity index (χ1v) is 7.42. The summed E-state index contributed by atoms with van der Waals surface area (Å²) >= 11 is 9.66. The summed E-state index contributed by atoms with van der Waals surface area (Å²) in [4.78, 5) is 11.3. The van der Waals surface area contributed by atoms with E-state index in [4.69, 9.17) is 16.3 Å². The van der Waals surface area contributed by atoms with E-state index < -0.39 is 5.38 Å². The van der Waals surface area contributed by atoms with Crippen LogP contribution in [0.25, 0.3) is 0 Å². The summed E-state index contributed by atoms with van der Waals surface area (Å²) in [6.45, 7) is 0.00743. The van der Waals surface area contributed by atoms with Gasteiger partial charge >= 0.3 is 0 Å². The van der Waals surface area contributed by atoms with Crippen LogP contribution in [0.2, 0.25) is 0 Å². The van der Waals surface area contributed by atoms with E-state index in [1.54, 1.807) is 24.3 Å². The van der Waals surface area contributed by atoms with Crippen molar-refractivity contribution in [3.05, 3.63) is 57.8 Å². The molecule has 21 heavy (non-hydrogen) atoms. The topological polar surface area (TPSA) is 38.3 Å². The van der Waals surface area contributed by atoms with Gasteiger partial charge in [0.15, 0.2) is 6.61 Å². The minimum atomic E-state index is -0.527. The van der Waals surface area contributed by atoms with Gasteiger partial charge in [-0.2, -0.15) is 0 Å². The predicted molar refractivity (Wildman–Crippen MR) is 82.4 cm³/mol. The normalized spacial score (nSPS) is 14.9. The maximum absolute atomic E-state index is 13.5. The third kappa shape index (κ3) is 3.04. The lowest BCUT2D eigenvalue weighted by atomic mass is 10.0. The van der Waals surface area contributed by atoms with Crippen LogP contribution in [0.1, 0.15) is 16.5 Å². The molecule has 108 valence electrons. The van der Waals surface area contributed by atoms with Crippen LogP contribution < -0.4 is 10.1 Å². The molecule has 1 aliphatic heterocycles. The molecule has 2 aromatic carbocycles. The Bertz CT molecular complexity index is 703. The molecule has 0 saturated carbocycles. The number of anilines is 1. The third-order valence-electron chi connectivity index (χ3n) is 3.11. The fourth-order valence-electron chi connectivity index (χ4n) is 2.17. The summed E-state index contributed by atoms with van der Waals surface area (Å²) in [7, 11) is 0. The summed E-state index contributed by atoms with van der Waals surface area (Å²) in [6.07, 6.45) is 0. The summed E-state index contributed by atoms with van der Waals surface area (Å²) < 4.78 is 19.4. The van der Waals surface area contributed by atoms with E-state index in [1.165, 1.54) is 12.1 Å². The van der Waals surface area contributed by atoms with Gasteiger partial charge in [-0.15, -0.1) is 11.6 Å². The highest BCUT2D eigenvalue weighted by molar-refractivity contribution is 9.10. The Labute approximate surface area is 134 Å². The zero-order valence-corrected chi connectivity index (χ0v) is 13.0. The van der Waals surface area contributed by atoms with E-state index >= 15 is 0 Å². The Morgan fingerprint density at radius 1 is 1.24 bits per heavy atom.